The van der Waals surface area contributed by atoms with Crippen molar-refractivity contribution >= 4 is 47.4 Å². The zero-order chi connectivity index (χ0) is 13.9. The van der Waals surface area contributed by atoms with Gasteiger partial charge in [-0.3, -0.25) is 0 Å². The number of hydrogen-bond acceptors (Lipinski definition) is 2. The summed E-state index contributed by atoms with van der Waals surface area (Å²) in [6.07, 6.45) is 0. The van der Waals surface area contributed by atoms with Gasteiger partial charge in [-0.05, 0) is 17.2 Å². The second-order valence-electron chi connectivity index (χ2n) is 5.25. The normalized spacial score (nSPS) is 13.5. The van der Waals surface area contributed by atoms with Gasteiger partial charge in [0.25, 0.3) is 0 Å². The van der Waals surface area contributed by atoms with Gasteiger partial charge < -0.3 is 4.74 Å². The van der Waals surface area contributed by atoms with Gasteiger partial charge in [0.15, 0.2) is 0 Å². The molecule has 1 aromatic rings. The van der Waals surface area contributed by atoms with Crippen LogP contribution in [0.15, 0.2) is 12.1 Å². The van der Waals surface area contributed by atoms with E-state index in [1.54, 1.807) is 12.1 Å². The maximum atomic E-state index is 6.06. The lowest BCUT2D eigenvalue weighted by Crippen LogP contribution is -2.28. The maximum Gasteiger partial charge on any atom is 0.139 e. The number of rotatable bonds is 4. The second-order valence-corrected chi connectivity index (χ2v) is 6.84. The summed E-state index contributed by atoms with van der Waals surface area (Å²) in [6, 6.07) is 3.23. The maximum absolute atomic E-state index is 6.06. The van der Waals surface area contributed by atoms with Crippen molar-refractivity contribution in [2.45, 2.75) is 20.8 Å². The zero-order valence-electron chi connectivity index (χ0n) is 10.6. The molecule has 1 nitrogen and oxygen atoms in total. The van der Waals surface area contributed by atoms with Crippen molar-refractivity contribution in [2.24, 2.45) is 11.3 Å². The Labute approximate surface area is 129 Å². The van der Waals surface area contributed by atoms with Crippen molar-refractivity contribution < 1.29 is 4.74 Å². The summed E-state index contributed by atoms with van der Waals surface area (Å²) in [5, 5.41) is 1.33. The zero-order valence-corrected chi connectivity index (χ0v) is 13.8. The Hall–Kier alpha value is 0.240. The van der Waals surface area contributed by atoms with Gasteiger partial charge in [0.1, 0.15) is 5.75 Å². The molecule has 0 radical (unpaired) electrons. The molecule has 0 spiro atoms. The molecule has 18 heavy (non-hydrogen) atoms. The molecular formula is C13H17Cl3OS. The lowest BCUT2D eigenvalue weighted by Gasteiger charge is -2.29. The smallest absolute Gasteiger partial charge is 0.139 e. The average molecular weight is 328 g/mol. The van der Waals surface area contributed by atoms with Gasteiger partial charge in [-0.25, -0.2) is 0 Å². The molecule has 1 unspecified atom stereocenters. The van der Waals surface area contributed by atoms with E-state index in [0.717, 1.165) is 5.75 Å². The van der Waals surface area contributed by atoms with E-state index in [-0.39, 0.29) is 5.41 Å². The molecule has 1 aromatic carbocycles. The first-order valence-electron chi connectivity index (χ1n) is 5.64. The minimum absolute atomic E-state index is 0.129. The lowest BCUT2D eigenvalue weighted by molar-refractivity contribution is 0.165. The summed E-state index contributed by atoms with van der Waals surface area (Å²) >= 11 is 22.2. The van der Waals surface area contributed by atoms with E-state index in [0.29, 0.717) is 33.3 Å². The van der Waals surface area contributed by atoms with E-state index < -0.39 is 0 Å². The Bertz CT molecular complexity index is 415. The molecular weight excluding hydrogens is 311 g/mol. The average Bonchev–Trinajstić information content (AvgIpc) is 2.24. The molecule has 0 amide bonds. The van der Waals surface area contributed by atoms with Crippen LogP contribution < -0.4 is 4.74 Å². The van der Waals surface area contributed by atoms with Crippen molar-refractivity contribution in [3.63, 3.8) is 0 Å². The number of halogens is 3. The van der Waals surface area contributed by atoms with Crippen LogP contribution in [-0.4, -0.2) is 12.4 Å². The largest absolute Gasteiger partial charge is 0.492 e. The molecule has 0 N–H and O–H groups in total. The van der Waals surface area contributed by atoms with Crippen LogP contribution in [-0.2, 0) is 0 Å². The second kappa shape index (κ2) is 6.60. The van der Waals surface area contributed by atoms with Gasteiger partial charge in [0.05, 0.1) is 21.7 Å². The van der Waals surface area contributed by atoms with Gasteiger partial charge in [0, 0.05) is 12.0 Å². The molecule has 0 bridgehead atoms. The molecule has 0 aliphatic rings. The highest BCUT2D eigenvalue weighted by Crippen LogP contribution is 2.35. The van der Waals surface area contributed by atoms with E-state index in [2.05, 4.69) is 33.4 Å². The topological polar surface area (TPSA) is 9.23 Å². The van der Waals surface area contributed by atoms with Gasteiger partial charge in [-0.2, -0.15) is 12.6 Å². The van der Waals surface area contributed by atoms with E-state index in [9.17, 15) is 0 Å². The predicted octanol–water partition coefficient (Wildman–Crippen LogP) is 5.62. The molecule has 1 atom stereocenters. The minimum Gasteiger partial charge on any atom is -0.492 e. The fraction of sp³-hybridized carbons (Fsp3) is 0.538. The molecule has 0 saturated carbocycles. The summed E-state index contributed by atoms with van der Waals surface area (Å²) in [7, 11) is 0. The van der Waals surface area contributed by atoms with Crippen LogP contribution in [0.4, 0.5) is 0 Å². The van der Waals surface area contributed by atoms with Crippen molar-refractivity contribution in [1.29, 1.82) is 0 Å². The molecule has 0 aliphatic heterocycles. The standard InChI is InChI=1S/C13H17Cl3OS/c1-13(2,3)8(7-18)6-17-12-5-10(15)9(14)4-11(12)16/h4-5,8,18H,6-7H2,1-3H3. The molecule has 5 heteroatoms. The highest BCUT2D eigenvalue weighted by Gasteiger charge is 2.24. The van der Waals surface area contributed by atoms with Gasteiger partial charge >= 0.3 is 0 Å². The molecule has 102 valence electrons. The summed E-state index contributed by atoms with van der Waals surface area (Å²) in [5.41, 5.74) is 0.129. The molecule has 0 aromatic heterocycles. The number of benzene rings is 1. The highest BCUT2D eigenvalue weighted by atomic mass is 35.5. The first-order valence-corrected chi connectivity index (χ1v) is 7.40. The third-order valence-corrected chi connectivity index (χ3v) is 4.32. The number of hydrogen-bond donors (Lipinski definition) is 1. The van der Waals surface area contributed by atoms with E-state index in [4.69, 9.17) is 39.5 Å². The Kier molecular flexibility index (Phi) is 5.98. The van der Waals surface area contributed by atoms with Crippen molar-refractivity contribution in [3.05, 3.63) is 27.2 Å². The fourth-order valence-electron chi connectivity index (χ4n) is 1.38. The molecule has 0 fully saturated rings. The van der Waals surface area contributed by atoms with E-state index >= 15 is 0 Å². The molecule has 0 heterocycles. The van der Waals surface area contributed by atoms with Crippen LogP contribution in [0.3, 0.4) is 0 Å². The van der Waals surface area contributed by atoms with Gasteiger partial charge in [-0.15, -0.1) is 0 Å². The van der Waals surface area contributed by atoms with Crippen LogP contribution in [0.25, 0.3) is 0 Å². The third kappa shape index (κ3) is 4.41. The summed E-state index contributed by atoms with van der Waals surface area (Å²) in [6.45, 7) is 7.03. The number of thiol groups is 1. The first kappa shape index (κ1) is 16.3. The Balaban J connectivity index is 2.77. The van der Waals surface area contributed by atoms with Crippen molar-refractivity contribution in [1.82, 2.24) is 0 Å². The Morgan fingerprint density at radius 1 is 1.11 bits per heavy atom. The van der Waals surface area contributed by atoms with Crippen LogP contribution >= 0.6 is 47.4 Å². The summed E-state index contributed by atoms with van der Waals surface area (Å²) < 4.78 is 5.73. The molecule has 1 rings (SSSR count). The van der Waals surface area contributed by atoms with Crippen molar-refractivity contribution in [3.8, 4) is 5.75 Å². The monoisotopic (exact) mass is 326 g/mol. The van der Waals surface area contributed by atoms with E-state index in [1.807, 2.05) is 0 Å². The van der Waals surface area contributed by atoms with Crippen molar-refractivity contribution in [2.75, 3.05) is 12.4 Å². The van der Waals surface area contributed by atoms with E-state index in [1.165, 1.54) is 0 Å². The lowest BCUT2D eigenvalue weighted by atomic mass is 9.82. The van der Waals surface area contributed by atoms with Gasteiger partial charge in [0.2, 0.25) is 0 Å². The Morgan fingerprint density at radius 2 is 1.67 bits per heavy atom. The predicted molar refractivity (Wildman–Crippen MR) is 83.8 cm³/mol. The summed E-state index contributed by atoms with van der Waals surface area (Å²) in [4.78, 5) is 0. The van der Waals surface area contributed by atoms with Gasteiger partial charge in [-0.1, -0.05) is 55.6 Å². The first-order chi connectivity index (χ1) is 8.25. The highest BCUT2D eigenvalue weighted by molar-refractivity contribution is 7.80. The molecule has 0 aliphatic carbocycles. The SMILES string of the molecule is CC(C)(C)C(CS)COc1cc(Cl)c(Cl)cc1Cl. The minimum atomic E-state index is 0.129. The quantitative estimate of drug-likeness (QED) is 0.558. The summed E-state index contributed by atoms with van der Waals surface area (Å²) in [5.74, 6) is 1.64. The third-order valence-electron chi connectivity index (χ3n) is 2.86. The van der Waals surface area contributed by atoms with Crippen LogP contribution in [0.2, 0.25) is 15.1 Å². The van der Waals surface area contributed by atoms with Crippen LogP contribution in [0.1, 0.15) is 20.8 Å². The number of ether oxygens (including phenoxy) is 1. The fourth-order valence-corrected chi connectivity index (χ4v) is 2.63. The molecule has 0 saturated heterocycles. The van der Waals surface area contributed by atoms with Crippen LogP contribution in [0.5, 0.6) is 5.75 Å². The Morgan fingerprint density at radius 3 is 2.17 bits per heavy atom. The van der Waals surface area contributed by atoms with Crippen LogP contribution in [0, 0.1) is 11.3 Å².